The molecule has 2 heterocycles. The first-order valence-electron chi connectivity index (χ1n) is 6.81. The molecular formula is C14H16BrClN2O3. The summed E-state index contributed by atoms with van der Waals surface area (Å²) in [4.78, 5) is 13.9. The van der Waals surface area contributed by atoms with E-state index in [1.807, 2.05) is 13.0 Å². The van der Waals surface area contributed by atoms with Gasteiger partial charge in [-0.1, -0.05) is 11.6 Å². The minimum Gasteiger partial charge on any atom is -0.466 e. The molecule has 21 heavy (non-hydrogen) atoms. The summed E-state index contributed by atoms with van der Waals surface area (Å²) in [7, 11) is 0. The first kappa shape index (κ1) is 14.9. The van der Waals surface area contributed by atoms with Crippen molar-refractivity contribution < 1.29 is 14.6 Å². The molecule has 0 aromatic heterocycles. The molecule has 0 spiro atoms. The van der Waals surface area contributed by atoms with Crippen molar-refractivity contribution >= 4 is 33.6 Å². The number of amides is 2. The van der Waals surface area contributed by atoms with Crippen molar-refractivity contribution in [2.75, 3.05) is 13.2 Å². The van der Waals surface area contributed by atoms with Crippen molar-refractivity contribution in [2.24, 2.45) is 0 Å². The predicted octanol–water partition coefficient (Wildman–Crippen LogP) is 3.05. The molecule has 2 amide bonds. The highest BCUT2D eigenvalue weighted by Gasteiger charge is 2.49. The maximum absolute atomic E-state index is 12.3. The number of carbonyl (C=O) groups is 1. The van der Waals surface area contributed by atoms with E-state index in [0.717, 1.165) is 10.0 Å². The zero-order valence-corrected chi connectivity index (χ0v) is 13.9. The lowest BCUT2D eigenvalue weighted by Gasteiger charge is -2.51. The molecule has 2 aliphatic heterocycles. The van der Waals surface area contributed by atoms with Gasteiger partial charge < -0.3 is 15.2 Å². The fraction of sp³-hybridized carbons (Fsp3) is 0.500. The van der Waals surface area contributed by atoms with Crippen LogP contribution in [0.2, 0.25) is 5.02 Å². The maximum atomic E-state index is 12.3. The number of ether oxygens (including phenoxy) is 1. The summed E-state index contributed by atoms with van der Waals surface area (Å²) in [5, 5.41) is 12.6. The molecule has 0 aliphatic carbocycles. The summed E-state index contributed by atoms with van der Waals surface area (Å²) in [6.07, 6.45) is 1.16. The Kier molecular flexibility index (Phi) is 3.80. The van der Waals surface area contributed by atoms with Crippen molar-refractivity contribution in [1.29, 1.82) is 0 Å². The molecule has 7 heteroatoms. The Balaban J connectivity index is 2.01. The second-order valence-corrected chi connectivity index (χ2v) is 6.81. The van der Waals surface area contributed by atoms with E-state index in [0.29, 0.717) is 30.2 Å². The molecule has 1 aromatic carbocycles. The van der Waals surface area contributed by atoms with Crippen molar-refractivity contribution in [3.05, 3.63) is 27.2 Å². The van der Waals surface area contributed by atoms with E-state index < -0.39 is 5.72 Å². The van der Waals surface area contributed by atoms with Crippen LogP contribution < -0.4 is 10.1 Å². The Bertz CT molecular complexity index is 598. The molecule has 1 fully saturated rings. The third-order valence-corrected chi connectivity index (χ3v) is 4.78. The Hall–Kier alpha value is -0.980. The SMILES string of the molecule is CC12CC(NC(=O)N1CCCO)c1cc(Cl)cc(Br)c1O2. The molecule has 0 radical (unpaired) electrons. The Morgan fingerprint density at radius 2 is 2.38 bits per heavy atom. The van der Waals surface area contributed by atoms with Crippen LogP contribution in [-0.4, -0.2) is 34.9 Å². The lowest BCUT2D eigenvalue weighted by atomic mass is 9.90. The standard InChI is InChI=1S/C14H16BrClN2O3/c1-14-7-11(17-13(20)18(14)3-2-4-19)9-5-8(16)6-10(15)12(9)21-14/h5-6,11,19H,2-4,7H2,1H3,(H,17,20). The molecule has 2 N–H and O–H groups in total. The van der Waals surface area contributed by atoms with Gasteiger partial charge >= 0.3 is 6.03 Å². The average molecular weight is 376 g/mol. The molecule has 2 bridgehead atoms. The van der Waals surface area contributed by atoms with E-state index in [4.69, 9.17) is 21.4 Å². The van der Waals surface area contributed by atoms with Gasteiger partial charge in [-0.05, 0) is 41.4 Å². The van der Waals surface area contributed by atoms with E-state index in [-0.39, 0.29) is 18.7 Å². The van der Waals surface area contributed by atoms with Gasteiger partial charge in [-0.15, -0.1) is 0 Å². The van der Waals surface area contributed by atoms with Crippen molar-refractivity contribution in [1.82, 2.24) is 10.2 Å². The monoisotopic (exact) mass is 374 g/mol. The maximum Gasteiger partial charge on any atom is 0.320 e. The van der Waals surface area contributed by atoms with Crippen molar-refractivity contribution in [3.63, 3.8) is 0 Å². The van der Waals surface area contributed by atoms with Crippen molar-refractivity contribution in [3.8, 4) is 5.75 Å². The lowest BCUT2D eigenvalue weighted by Crippen LogP contribution is -2.64. The number of aliphatic hydroxyl groups excluding tert-OH is 1. The van der Waals surface area contributed by atoms with E-state index in [2.05, 4.69) is 21.2 Å². The second kappa shape index (κ2) is 5.34. The molecule has 1 saturated heterocycles. The summed E-state index contributed by atoms with van der Waals surface area (Å²) < 4.78 is 6.91. The Labute approximate surface area is 136 Å². The van der Waals surface area contributed by atoms with Crippen LogP contribution in [0.3, 0.4) is 0 Å². The molecule has 5 nitrogen and oxygen atoms in total. The fourth-order valence-corrected chi connectivity index (χ4v) is 3.91. The summed E-state index contributed by atoms with van der Waals surface area (Å²) >= 11 is 9.56. The minimum atomic E-state index is -0.717. The third kappa shape index (κ3) is 2.49. The number of hydrogen-bond donors (Lipinski definition) is 2. The first-order chi connectivity index (χ1) is 9.94. The number of urea groups is 1. The quantitative estimate of drug-likeness (QED) is 0.853. The number of fused-ring (bicyclic) bond motifs is 4. The number of nitrogens with one attached hydrogen (secondary N) is 1. The third-order valence-electron chi connectivity index (χ3n) is 3.97. The number of rotatable bonds is 3. The van der Waals surface area contributed by atoms with Gasteiger partial charge in [0.15, 0.2) is 5.72 Å². The van der Waals surface area contributed by atoms with Gasteiger partial charge in [-0.25, -0.2) is 4.79 Å². The zero-order valence-electron chi connectivity index (χ0n) is 11.5. The highest BCUT2D eigenvalue weighted by Crippen LogP contribution is 2.48. The molecule has 1 aromatic rings. The van der Waals surface area contributed by atoms with Crippen LogP contribution in [0.25, 0.3) is 0 Å². The number of halogens is 2. The number of benzene rings is 1. The summed E-state index contributed by atoms with van der Waals surface area (Å²) in [6, 6.07) is 3.32. The highest BCUT2D eigenvalue weighted by molar-refractivity contribution is 9.10. The second-order valence-electron chi connectivity index (χ2n) is 5.52. The normalized spacial score (nSPS) is 27.0. The molecule has 3 rings (SSSR count). The topological polar surface area (TPSA) is 61.8 Å². The number of nitrogens with zero attached hydrogens (tertiary/aromatic N) is 1. The van der Waals surface area contributed by atoms with Gasteiger partial charge in [0, 0.05) is 30.2 Å². The molecule has 0 saturated carbocycles. The molecule has 2 aliphatic rings. The summed E-state index contributed by atoms with van der Waals surface area (Å²) in [6.45, 7) is 2.39. The predicted molar refractivity (Wildman–Crippen MR) is 82.5 cm³/mol. The molecule has 2 atom stereocenters. The number of hydrogen-bond acceptors (Lipinski definition) is 3. The first-order valence-corrected chi connectivity index (χ1v) is 7.98. The van der Waals surface area contributed by atoms with Crippen LogP contribution in [0.5, 0.6) is 5.75 Å². The van der Waals surface area contributed by atoms with E-state index in [1.54, 1.807) is 11.0 Å². The van der Waals surface area contributed by atoms with Crippen LogP contribution in [0.4, 0.5) is 4.79 Å². The van der Waals surface area contributed by atoms with Crippen LogP contribution >= 0.6 is 27.5 Å². The zero-order chi connectivity index (χ0) is 15.2. The van der Waals surface area contributed by atoms with E-state index in [1.165, 1.54) is 0 Å². The van der Waals surface area contributed by atoms with Gasteiger partial charge in [0.1, 0.15) is 5.75 Å². The van der Waals surface area contributed by atoms with Gasteiger partial charge in [-0.3, -0.25) is 4.90 Å². The fourth-order valence-electron chi connectivity index (χ4n) is 3.00. The number of carbonyl (C=O) groups excluding carboxylic acids is 1. The molecule has 114 valence electrons. The lowest BCUT2D eigenvalue weighted by molar-refractivity contribution is -0.0854. The van der Waals surface area contributed by atoms with Gasteiger partial charge in [-0.2, -0.15) is 0 Å². The van der Waals surface area contributed by atoms with Gasteiger partial charge in [0.05, 0.1) is 10.5 Å². The average Bonchev–Trinajstić information content (AvgIpc) is 2.40. The summed E-state index contributed by atoms with van der Waals surface area (Å²) in [5.41, 5.74) is 0.174. The van der Waals surface area contributed by atoms with Crippen molar-refractivity contribution in [2.45, 2.75) is 31.5 Å². The van der Waals surface area contributed by atoms with E-state index in [9.17, 15) is 4.79 Å². The van der Waals surface area contributed by atoms with Gasteiger partial charge in [0.2, 0.25) is 0 Å². The Morgan fingerprint density at radius 3 is 3.10 bits per heavy atom. The highest BCUT2D eigenvalue weighted by atomic mass is 79.9. The minimum absolute atomic E-state index is 0.0409. The van der Waals surface area contributed by atoms with Crippen LogP contribution in [0, 0.1) is 0 Å². The largest absolute Gasteiger partial charge is 0.466 e. The number of aliphatic hydroxyl groups is 1. The van der Waals surface area contributed by atoms with Gasteiger partial charge in [0.25, 0.3) is 0 Å². The van der Waals surface area contributed by atoms with Crippen LogP contribution in [-0.2, 0) is 0 Å². The molecular weight excluding hydrogens is 360 g/mol. The smallest absolute Gasteiger partial charge is 0.320 e. The molecule has 2 unspecified atom stereocenters. The van der Waals surface area contributed by atoms with E-state index >= 15 is 0 Å². The summed E-state index contributed by atoms with van der Waals surface area (Å²) in [5.74, 6) is 0.715. The Morgan fingerprint density at radius 1 is 1.62 bits per heavy atom. The van der Waals surface area contributed by atoms with Crippen LogP contribution in [0.15, 0.2) is 16.6 Å². The van der Waals surface area contributed by atoms with Crippen LogP contribution in [0.1, 0.15) is 31.4 Å².